The topological polar surface area (TPSA) is 69.6 Å². The SMILES string of the molecule is CC/C=C\C/C=C\C/C=C\C/C=C\CCCCCCCCC(=O)NC(CO)C(O)CCCCCCCCCCCCCCCCCCCCCCC. The number of carbonyl (C=O) groups excluding carboxylic acids is 1. The molecule has 0 aromatic rings. The van der Waals surface area contributed by atoms with Crippen molar-refractivity contribution < 1.29 is 15.0 Å². The van der Waals surface area contributed by atoms with Crippen molar-refractivity contribution in [3.05, 3.63) is 48.6 Å². The van der Waals surface area contributed by atoms with Gasteiger partial charge in [-0.25, -0.2) is 0 Å². The third-order valence-corrected chi connectivity index (χ3v) is 10.4. The molecule has 0 aliphatic carbocycles. The van der Waals surface area contributed by atoms with Gasteiger partial charge in [-0.1, -0.05) is 223 Å². The first-order chi connectivity index (χ1) is 25.7. The molecule has 0 aromatic carbocycles. The van der Waals surface area contributed by atoms with Crippen LogP contribution in [0.4, 0.5) is 0 Å². The number of amides is 1. The number of carbonyl (C=O) groups is 1. The average molecular weight is 728 g/mol. The number of hydrogen-bond acceptors (Lipinski definition) is 3. The Kier molecular flexibility index (Phi) is 42.4. The number of aliphatic hydroxyl groups is 2. The summed E-state index contributed by atoms with van der Waals surface area (Å²) in [6.45, 7) is 4.25. The Morgan fingerprint density at radius 2 is 0.846 bits per heavy atom. The summed E-state index contributed by atoms with van der Waals surface area (Å²) in [5, 5.41) is 23.2. The van der Waals surface area contributed by atoms with Gasteiger partial charge in [-0.05, 0) is 51.4 Å². The van der Waals surface area contributed by atoms with Crippen LogP contribution in [0.3, 0.4) is 0 Å². The molecule has 0 fully saturated rings. The van der Waals surface area contributed by atoms with Gasteiger partial charge in [0.1, 0.15) is 0 Å². The Morgan fingerprint density at radius 3 is 1.27 bits per heavy atom. The first-order valence-corrected chi connectivity index (χ1v) is 22.8. The molecule has 4 heteroatoms. The smallest absolute Gasteiger partial charge is 0.220 e. The number of unbranched alkanes of at least 4 members (excludes halogenated alkanes) is 26. The van der Waals surface area contributed by atoms with E-state index in [0.717, 1.165) is 64.2 Å². The molecule has 0 aromatic heterocycles. The van der Waals surface area contributed by atoms with Crippen LogP contribution in [0.25, 0.3) is 0 Å². The van der Waals surface area contributed by atoms with Gasteiger partial charge >= 0.3 is 0 Å². The lowest BCUT2D eigenvalue weighted by Gasteiger charge is -2.22. The van der Waals surface area contributed by atoms with Crippen LogP contribution in [0, 0.1) is 0 Å². The fourth-order valence-corrected chi connectivity index (χ4v) is 6.88. The van der Waals surface area contributed by atoms with Crippen molar-refractivity contribution in [1.29, 1.82) is 0 Å². The Labute approximate surface area is 324 Å². The van der Waals surface area contributed by atoms with Gasteiger partial charge in [0.2, 0.25) is 5.91 Å². The summed E-state index contributed by atoms with van der Waals surface area (Å²) in [6, 6.07) is -0.545. The second-order valence-corrected chi connectivity index (χ2v) is 15.4. The highest BCUT2D eigenvalue weighted by molar-refractivity contribution is 5.76. The molecular formula is C48H89NO3. The second-order valence-electron chi connectivity index (χ2n) is 15.4. The fraction of sp³-hybridized carbons (Fsp3) is 0.812. The van der Waals surface area contributed by atoms with Gasteiger partial charge in [0.05, 0.1) is 18.8 Å². The van der Waals surface area contributed by atoms with Gasteiger partial charge < -0.3 is 15.5 Å². The molecule has 0 radical (unpaired) electrons. The Morgan fingerprint density at radius 1 is 0.481 bits per heavy atom. The van der Waals surface area contributed by atoms with Crippen molar-refractivity contribution in [2.24, 2.45) is 0 Å². The molecule has 1 amide bonds. The van der Waals surface area contributed by atoms with Crippen LogP contribution in [-0.4, -0.2) is 34.9 Å². The minimum absolute atomic E-state index is 0.0451. The van der Waals surface area contributed by atoms with Gasteiger partial charge in [-0.3, -0.25) is 4.79 Å². The van der Waals surface area contributed by atoms with Gasteiger partial charge in [-0.15, -0.1) is 0 Å². The van der Waals surface area contributed by atoms with Crippen LogP contribution >= 0.6 is 0 Å². The van der Waals surface area contributed by atoms with Crippen LogP contribution in [-0.2, 0) is 4.79 Å². The molecule has 2 unspecified atom stereocenters. The molecule has 2 atom stereocenters. The molecular weight excluding hydrogens is 639 g/mol. The summed E-state index contributed by atoms with van der Waals surface area (Å²) in [5.74, 6) is -0.0451. The normalized spacial score (nSPS) is 13.4. The van der Waals surface area contributed by atoms with Crippen LogP contribution in [0.1, 0.15) is 232 Å². The van der Waals surface area contributed by atoms with Gasteiger partial charge in [0.15, 0.2) is 0 Å². The van der Waals surface area contributed by atoms with Crippen molar-refractivity contribution in [2.75, 3.05) is 6.61 Å². The Hall–Kier alpha value is -1.65. The summed E-state index contributed by atoms with van der Waals surface area (Å²) in [5.41, 5.74) is 0. The highest BCUT2D eigenvalue weighted by atomic mass is 16.3. The van der Waals surface area contributed by atoms with Crippen molar-refractivity contribution >= 4 is 5.91 Å². The van der Waals surface area contributed by atoms with Gasteiger partial charge in [0, 0.05) is 6.42 Å². The van der Waals surface area contributed by atoms with E-state index < -0.39 is 12.1 Å². The van der Waals surface area contributed by atoms with Crippen molar-refractivity contribution in [2.45, 2.75) is 244 Å². The molecule has 3 N–H and O–H groups in total. The van der Waals surface area contributed by atoms with E-state index in [1.165, 1.54) is 141 Å². The molecule has 0 saturated carbocycles. The summed E-state index contributed by atoms with van der Waals surface area (Å²) < 4.78 is 0. The fourth-order valence-electron chi connectivity index (χ4n) is 6.88. The lowest BCUT2D eigenvalue weighted by atomic mass is 10.0. The molecule has 304 valence electrons. The summed E-state index contributed by atoms with van der Waals surface area (Å²) >= 11 is 0. The zero-order chi connectivity index (χ0) is 37.8. The van der Waals surface area contributed by atoms with Crippen molar-refractivity contribution in [3.63, 3.8) is 0 Å². The van der Waals surface area contributed by atoms with E-state index in [-0.39, 0.29) is 12.5 Å². The zero-order valence-electron chi connectivity index (χ0n) is 34.8. The third kappa shape index (κ3) is 39.6. The number of rotatable bonds is 41. The maximum atomic E-state index is 12.4. The van der Waals surface area contributed by atoms with Crippen LogP contribution in [0.5, 0.6) is 0 Å². The predicted molar refractivity (Wildman–Crippen MR) is 230 cm³/mol. The van der Waals surface area contributed by atoms with E-state index in [1.807, 2.05) is 0 Å². The number of hydrogen-bond donors (Lipinski definition) is 3. The first-order valence-electron chi connectivity index (χ1n) is 22.8. The van der Waals surface area contributed by atoms with E-state index >= 15 is 0 Å². The zero-order valence-corrected chi connectivity index (χ0v) is 34.8. The molecule has 0 rings (SSSR count). The van der Waals surface area contributed by atoms with Gasteiger partial charge in [-0.2, -0.15) is 0 Å². The first kappa shape index (κ1) is 50.4. The lowest BCUT2D eigenvalue weighted by Crippen LogP contribution is -2.45. The number of nitrogens with one attached hydrogen (secondary N) is 1. The van der Waals surface area contributed by atoms with E-state index in [0.29, 0.717) is 12.8 Å². The van der Waals surface area contributed by atoms with Crippen LogP contribution < -0.4 is 5.32 Å². The summed E-state index contributed by atoms with van der Waals surface area (Å²) in [6.07, 6.45) is 59.1. The largest absolute Gasteiger partial charge is 0.394 e. The highest BCUT2D eigenvalue weighted by Gasteiger charge is 2.20. The monoisotopic (exact) mass is 728 g/mol. The maximum Gasteiger partial charge on any atom is 0.220 e. The Balaban J connectivity index is 3.54. The molecule has 4 nitrogen and oxygen atoms in total. The standard InChI is InChI=1S/C48H89NO3/c1-3-5-7-9-11-13-15-17-19-21-23-24-26-27-29-31-33-35-37-39-41-43-47(51)46(45-50)49-48(52)44-42-40-38-36-34-32-30-28-25-22-20-18-16-14-12-10-8-6-4-2/h6,8,12,14,18,20,25,28,46-47,50-51H,3-5,7,9-11,13,15-17,19,21-24,26-27,29-45H2,1-2H3,(H,49,52)/b8-6-,14-12-,20-18-,28-25-. The van der Waals surface area contributed by atoms with Crippen LogP contribution in [0.2, 0.25) is 0 Å². The van der Waals surface area contributed by atoms with Gasteiger partial charge in [0.25, 0.3) is 0 Å². The quantitative estimate of drug-likeness (QED) is 0.0434. The maximum absolute atomic E-state index is 12.4. The van der Waals surface area contributed by atoms with E-state index in [1.54, 1.807) is 0 Å². The van der Waals surface area contributed by atoms with Crippen molar-refractivity contribution in [3.8, 4) is 0 Å². The molecule has 0 heterocycles. The minimum atomic E-state index is -0.667. The number of aliphatic hydroxyl groups excluding tert-OH is 2. The molecule has 52 heavy (non-hydrogen) atoms. The highest BCUT2D eigenvalue weighted by Crippen LogP contribution is 2.16. The second kappa shape index (κ2) is 43.8. The lowest BCUT2D eigenvalue weighted by molar-refractivity contribution is -0.123. The van der Waals surface area contributed by atoms with E-state index in [2.05, 4.69) is 67.8 Å². The third-order valence-electron chi connectivity index (χ3n) is 10.4. The average Bonchev–Trinajstić information content (AvgIpc) is 3.15. The summed E-state index contributed by atoms with van der Waals surface area (Å²) in [7, 11) is 0. The molecule has 0 bridgehead atoms. The predicted octanol–water partition coefficient (Wildman–Crippen LogP) is 14.4. The molecule has 0 aliphatic heterocycles. The molecule has 0 spiro atoms. The Bertz CT molecular complexity index is 831. The molecule has 0 saturated heterocycles. The molecule has 0 aliphatic rings. The minimum Gasteiger partial charge on any atom is -0.394 e. The van der Waals surface area contributed by atoms with Crippen LogP contribution in [0.15, 0.2) is 48.6 Å². The van der Waals surface area contributed by atoms with Crippen molar-refractivity contribution in [1.82, 2.24) is 5.32 Å². The number of allylic oxidation sites excluding steroid dienone is 8. The summed E-state index contributed by atoms with van der Waals surface area (Å²) in [4.78, 5) is 12.4. The van der Waals surface area contributed by atoms with E-state index in [4.69, 9.17) is 0 Å². The van der Waals surface area contributed by atoms with E-state index in [9.17, 15) is 15.0 Å².